The highest BCUT2D eigenvalue weighted by molar-refractivity contribution is 6.42. The minimum atomic E-state index is 0.311. The summed E-state index contributed by atoms with van der Waals surface area (Å²) >= 11 is 18.0. The summed E-state index contributed by atoms with van der Waals surface area (Å²) in [6.07, 6.45) is 1.49. The van der Waals surface area contributed by atoms with Crippen molar-refractivity contribution < 1.29 is 4.74 Å². The summed E-state index contributed by atoms with van der Waals surface area (Å²) in [6, 6.07) is 10.4. The highest BCUT2D eigenvalue weighted by Gasteiger charge is 2.06. The lowest BCUT2D eigenvalue weighted by Crippen LogP contribution is -2.02. The number of hydrogen-bond donors (Lipinski definition) is 2. The third kappa shape index (κ3) is 4.42. The number of aromatic nitrogens is 3. The lowest BCUT2D eigenvalue weighted by molar-refractivity contribution is 0.415. The molecule has 0 saturated heterocycles. The molecule has 0 saturated carbocycles. The van der Waals surface area contributed by atoms with Crippen molar-refractivity contribution in [3.8, 4) is 5.75 Å². The number of rotatable bonds is 5. The molecule has 0 spiro atoms. The maximum absolute atomic E-state index is 6.10. The van der Waals surface area contributed by atoms with Gasteiger partial charge in [0.25, 0.3) is 0 Å². The van der Waals surface area contributed by atoms with E-state index in [1.807, 2.05) is 0 Å². The Kier molecular flexibility index (Phi) is 5.43. The number of halogens is 3. The van der Waals surface area contributed by atoms with Gasteiger partial charge in [-0.3, -0.25) is 0 Å². The molecule has 2 aromatic carbocycles. The van der Waals surface area contributed by atoms with E-state index in [1.165, 1.54) is 6.20 Å². The maximum Gasteiger partial charge on any atom is 0.249 e. The zero-order valence-corrected chi connectivity index (χ0v) is 15.2. The van der Waals surface area contributed by atoms with Gasteiger partial charge in [-0.2, -0.15) is 10.1 Å². The van der Waals surface area contributed by atoms with Crippen molar-refractivity contribution in [1.29, 1.82) is 0 Å². The van der Waals surface area contributed by atoms with Crippen molar-refractivity contribution in [3.63, 3.8) is 0 Å². The molecule has 0 radical (unpaired) electrons. The molecular formula is C16H12Cl3N5O. The lowest BCUT2D eigenvalue weighted by atomic mass is 10.3. The van der Waals surface area contributed by atoms with E-state index in [2.05, 4.69) is 25.8 Å². The van der Waals surface area contributed by atoms with Crippen molar-refractivity contribution in [2.45, 2.75) is 0 Å². The van der Waals surface area contributed by atoms with Gasteiger partial charge in [0.05, 0.1) is 28.4 Å². The van der Waals surface area contributed by atoms with Crippen LogP contribution in [0.15, 0.2) is 42.6 Å². The van der Waals surface area contributed by atoms with Crippen molar-refractivity contribution >= 4 is 57.9 Å². The van der Waals surface area contributed by atoms with E-state index in [-0.39, 0.29) is 0 Å². The summed E-state index contributed by atoms with van der Waals surface area (Å²) in [4.78, 5) is 4.34. The second-order valence-electron chi connectivity index (χ2n) is 4.89. The number of nitrogens with zero attached hydrogens (tertiary/aromatic N) is 3. The highest BCUT2D eigenvalue weighted by atomic mass is 35.5. The summed E-state index contributed by atoms with van der Waals surface area (Å²) in [5.74, 6) is 1.39. The van der Waals surface area contributed by atoms with E-state index >= 15 is 0 Å². The summed E-state index contributed by atoms with van der Waals surface area (Å²) in [6.45, 7) is 0. The second kappa shape index (κ2) is 7.74. The SMILES string of the molecule is COc1ccc(Nc2nncc(Nc3ccc(Cl)c(Cl)c3)n2)cc1Cl. The Labute approximate surface area is 159 Å². The molecule has 0 amide bonds. The molecule has 0 aliphatic heterocycles. The number of ether oxygens (including phenoxy) is 1. The van der Waals surface area contributed by atoms with Crippen molar-refractivity contribution in [3.05, 3.63) is 57.7 Å². The fraction of sp³-hybridized carbons (Fsp3) is 0.0625. The quantitative estimate of drug-likeness (QED) is 0.607. The van der Waals surface area contributed by atoms with Crippen LogP contribution < -0.4 is 15.4 Å². The Morgan fingerprint density at radius 2 is 1.60 bits per heavy atom. The normalized spacial score (nSPS) is 10.4. The minimum Gasteiger partial charge on any atom is -0.495 e. The molecule has 0 bridgehead atoms. The first-order chi connectivity index (χ1) is 12.0. The first-order valence-electron chi connectivity index (χ1n) is 7.07. The summed E-state index contributed by atoms with van der Waals surface area (Å²) < 4.78 is 5.12. The fourth-order valence-corrected chi connectivity index (χ4v) is 2.57. The van der Waals surface area contributed by atoms with Gasteiger partial charge in [0.1, 0.15) is 5.75 Å². The van der Waals surface area contributed by atoms with Gasteiger partial charge in [-0.05, 0) is 36.4 Å². The average Bonchev–Trinajstić information content (AvgIpc) is 2.59. The summed E-state index contributed by atoms with van der Waals surface area (Å²) in [7, 11) is 1.56. The highest BCUT2D eigenvalue weighted by Crippen LogP contribution is 2.29. The first-order valence-corrected chi connectivity index (χ1v) is 8.21. The molecule has 0 fully saturated rings. The van der Waals surface area contributed by atoms with Crippen LogP contribution in [0.1, 0.15) is 0 Å². The van der Waals surface area contributed by atoms with Crippen LogP contribution in [0.25, 0.3) is 0 Å². The molecule has 9 heteroatoms. The van der Waals surface area contributed by atoms with E-state index in [0.29, 0.717) is 38.3 Å². The molecule has 6 nitrogen and oxygen atoms in total. The largest absolute Gasteiger partial charge is 0.495 e. The third-order valence-electron chi connectivity index (χ3n) is 3.16. The van der Waals surface area contributed by atoms with E-state index in [9.17, 15) is 0 Å². The maximum atomic E-state index is 6.10. The van der Waals surface area contributed by atoms with Gasteiger partial charge in [0, 0.05) is 11.4 Å². The predicted octanol–water partition coefficient (Wildman–Crippen LogP) is 5.33. The molecule has 0 atom stereocenters. The fourth-order valence-electron chi connectivity index (χ4n) is 2.01. The van der Waals surface area contributed by atoms with Crippen LogP contribution >= 0.6 is 34.8 Å². The van der Waals surface area contributed by atoms with Gasteiger partial charge in [0.2, 0.25) is 5.95 Å². The third-order valence-corrected chi connectivity index (χ3v) is 4.19. The Hall–Kier alpha value is -2.28. The van der Waals surface area contributed by atoms with Gasteiger partial charge in [-0.15, -0.1) is 5.10 Å². The number of hydrogen-bond acceptors (Lipinski definition) is 6. The molecule has 0 unspecified atom stereocenters. The Morgan fingerprint density at radius 1 is 0.880 bits per heavy atom. The van der Waals surface area contributed by atoms with Crippen LogP contribution in [-0.4, -0.2) is 22.3 Å². The number of methoxy groups -OCH3 is 1. The van der Waals surface area contributed by atoms with Crippen LogP contribution in [0.5, 0.6) is 5.75 Å². The van der Waals surface area contributed by atoms with Crippen molar-refractivity contribution in [2.75, 3.05) is 17.7 Å². The molecule has 1 heterocycles. The molecule has 25 heavy (non-hydrogen) atoms. The van der Waals surface area contributed by atoms with Crippen molar-refractivity contribution in [1.82, 2.24) is 15.2 Å². The molecule has 3 aromatic rings. The number of nitrogens with one attached hydrogen (secondary N) is 2. The van der Waals surface area contributed by atoms with Crippen molar-refractivity contribution in [2.24, 2.45) is 0 Å². The Morgan fingerprint density at radius 3 is 2.32 bits per heavy atom. The zero-order chi connectivity index (χ0) is 17.8. The van der Waals surface area contributed by atoms with Crippen LogP contribution in [0.3, 0.4) is 0 Å². The van der Waals surface area contributed by atoms with Gasteiger partial charge in [-0.1, -0.05) is 34.8 Å². The molecule has 0 aliphatic carbocycles. The molecule has 0 aliphatic rings. The van der Waals surface area contributed by atoms with Crippen LogP contribution in [0, 0.1) is 0 Å². The lowest BCUT2D eigenvalue weighted by Gasteiger charge is -2.09. The van der Waals surface area contributed by atoms with E-state index in [0.717, 1.165) is 5.69 Å². The van der Waals surface area contributed by atoms with E-state index in [1.54, 1.807) is 43.5 Å². The Balaban J connectivity index is 1.77. The van der Waals surface area contributed by atoms with Gasteiger partial charge in [-0.25, -0.2) is 0 Å². The summed E-state index contributed by atoms with van der Waals surface area (Å²) in [5, 5.41) is 15.4. The molecule has 128 valence electrons. The topological polar surface area (TPSA) is 72.0 Å². The van der Waals surface area contributed by atoms with Gasteiger partial charge >= 0.3 is 0 Å². The molecule has 1 aromatic heterocycles. The zero-order valence-electron chi connectivity index (χ0n) is 12.9. The van der Waals surface area contributed by atoms with Gasteiger partial charge in [0.15, 0.2) is 5.82 Å². The molecule has 3 rings (SSSR count). The first kappa shape index (κ1) is 17.5. The van der Waals surface area contributed by atoms with Crippen LogP contribution in [-0.2, 0) is 0 Å². The average molecular weight is 397 g/mol. The molecule has 2 N–H and O–H groups in total. The standard InChI is InChI=1S/C16H12Cl3N5O/c1-25-14-5-3-10(7-13(14)19)22-16-23-15(8-20-24-16)21-9-2-4-11(17)12(18)6-9/h2-8H,1H3,(H2,21,22,23,24). The Bertz CT molecular complexity index is 907. The number of anilines is 4. The van der Waals surface area contributed by atoms with E-state index < -0.39 is 0 Å². The van der Waals surface area contributed by atoms with Gasteiger partial charge < -0.3 is 15.4 Å². The van der Waals surface area contributed by atoms with Crippen LogP contribution in [0.4, 0.5) is 23.1 Å². The predicted molar refractivity (Wildman–Crippen MR) is 101 cm³/mol. The smallest absolute Gasteiger partial charge is 0.249 e. The second-order valence-corrected chi connectivity index (χ2v) is 6.12. The monoisotopic (exact) mass is 395 g/mol. The van der Waals surface area contributed by atoms with Crippen LogP contribution in [0.2, 0.25) is 15.1 Å². The number of benzene rings is 2. The van der Waals surface area contributed by atoms with E-state index in [4.69, 9.17) is 39.5 Å². The minimum absolute atomic E-state index is 0.311. The molecular weight excluding hydrogens is 385 g/mol. The summed E-state index contributed by atoms with van der Waals surface area (Å²) in [5.41, 5.74) is 1.44.